The van der Waals surface area contributed by atoms with E-state index in [1.165, 1.54) is 29.5 Å². The van der Waals surface area contributed by atoms with Crippen LogP contribution in [0.1, 0.15) is 15.4 Å². The van der Waals surface area contributed by atoms with Crippen molar-refractivity contribution in [1.29, 1.82) is 0 Å². The van der Waals surface area contributed by atoms with Crippen LogP contribution in [0.4, 0.5) is 5.69 Å². The molecule has 0 aliphatic heterocycles. The molecule has 11 heteroatoms. The van der Waals surface area contributed by atoms with Gasteiger partial charge in [0.1, 0.15) is 5.01 Å². The monoisotopic (exact) mass is 426 g/mol. The summed E-state index contributed by atoms with van der Waals surface area (Å²) in [5.41, 5.74) is 4.96. The van der Waals surface area contributed by atoms with Gasteiger partial charge < -0.3 is 4.74 Å². The molecule has 2 aromatic carbocycles. The fourth-order valence-electron chi connectivity index (χ4n) is 2.25. The lowest BCUT2D eigenvalue weighted by molar-refractivity contribution is -0.384. The van der Waals surface area contributed by atoms with Crippen molar-refractivity contribution in [2.45, 2.75) is 0 Å². The average Bonchev–Trinajstić information content (AvgIpc) is 3.17. The van der Waals surface area contributed by atoms with E-state index in [1.54, 1.807) is 0 Å². The molecule has 0 unspecified atom stereocenters. The summed E-state index contributed by atoms with van der Waals surface area (Å²) < 4.78 is 5.77. The number of hydrazine groups is 1. The number of rotatable bonds is 6. The highest BCUT2D eigenvalue weighted by atomic mass is 32.1. The molecule has 0 bridgehead atoms. The predicted molar refractivity (Wildman–Crippen MR) is 108 cm³/mol. The number of hydrogen-bond acceptors (Lipinski definition) is 8. The molecule has 0 saturated carbocycles. The fraction of sp³-hybridized carbons (Fsp3) is 0.0526. The maximum Gasteiger partial charge on any atom is 0.331 e. The molecule has 3 aromatic rings. The third-order valence-corrected chi connectivity index (χ3v) is 4.68. The third kappa shape index (κ3) is 5.45. The summed E-state index contributed by atoms with van der Waals surface area (Å²) in [6.45, 7) is -0.608. The van der Waals surface area contributed by atoms with E-state index in [0.717, 1.165) is 28.4 Å². The van der Waals surface area contributed by atoms with Gasteiger partial charge in [-0.3, -0.25) is 30.6 Å². The van der Waals surface area contributed by atoms with Gasteiger partial charge in [-0.1, -0.05) is 12.1 Å². The minimum atomic E-state index is -0.757. The Labute approximate surface area is 173 Å². The predicted octanol–water partition coefficient (Wildman–Crippen LogP) is 2.22. The highest BCUT2D eigenvalue weighted by Crippen LogP contribution is 2.22. The first-order chi connectivity index (χ1) is 14.4. The first-order valence-electron chi connectivity index (χ1n) is 8.46. The molecular weight excluding hydrogens is 412 g/mol. The van der Waals surface area contributed by atoms with Crippen molar-refractivity contribution >= 4 is 51.1 Å². The average molecular weight is 426 g/mol. The first-order valence-corrected chi connectivity index (χ1v) is 9.28. The largest absolute Gasteiger partial charge is 0.452 e. The number of non-ortho nitro benzene ring substituents is 1. The second kappa shape index (κ2) is 9.39. The zero-order chi connectivity index (χ0) is 21.5. The van der Waals surface area contributed by atoms with Crippen molar-refractivity contribution in [3.63, 3.8) is 0 Å². The maximum absolute atomic E-state index is 11.9. The Morgan fingerprint density at radius 3 is 2.53 bits per heavy atom. The van der Waals surface area contributed by atoms with E-state index in [4.69, 9.17) is 4.74 Å². The van der Waals surface area contributed by atoms with E-state index in [1.807, 2.05) is 24.3 Å². The zero-order valence-electron chi connectivity index (χ0n) is 15.2. The van der Waals surface area contributed by atoms with Gasteiger partial charge in [0.2, 0.25) is 0 Å². The topological polar surface area (TPSA) is 141 Å². The van der Waals surface area contributed by atoms with Gasteiger partial charge in [0.15, 0.2) is 6.61 Å². The zero-order valence-corrected chi connectivity index (χ0v) is 16.0. The quantitative estimate of drug-likeness (QED) is 0.266. The lowest BCUT2D eigenvalue weighted by atomic mass is 10.2. The molecule has 1 aromatic heterocycles. The number of nitrogens with one attached hydrogen (secondary N) is 2. The Morgan fingerprint density at radius 2 is 1.83 bits per heavy atom. The number of hydrogen-bond donors (Lipinski definition) is 2. The van der Waals surface area contributed by atoms with Crippen LogP contribution in [-0.4, -0.2) is 34.3 Å². The first kappa shape index (κ1) is 20.6. The Hall–Kier alpha value is -4.12. The van der Waals surface area contributed by atoms with Gasteiger partial charge in [0, 0.05) is 23.8 Å². The van der Waals surface area contributed by atoms with Crippen LogP contribution >= 0.6 is 11.3 Å². The molecular formula is C19H14N4O6S. The Morgan fingerprint density at radius 1 is 1.10 bits per heavy atom. The number of carbonyl (C=O) groups excluding carboxylic acids is 3. The SMILES string of the molecule is O=C(COC(=O)/C=C/c1nc2ccccc2s1)NNC(=O)c1ccc([N+](=O)[O-])cc1. The molecule has 152 valence electrons. The van der Waals surface area contributed by atoms with Crippen molar-refractivity contribution < 1.29 is 24.0 Å². The van der Waals surface area contributed by atoms with E-state index < -0.39 is 29.3 Å². The van der Waals surface area contributed by atoms with E-state index in [0.29, 0.717) is 5.01 Å². The number of ether oxygens (including phenoxy) is 1. The van der Waals surface area contributed by atoms with Gasteiger partial charge in [0.05, 0.1) is 15.1 Å². The van der Waals surface area contributed by atoms with E-state index >= 15 is 0 Å². The number of fused-ring (bicyclic) bond motifs is 1. The molecule has 2 N–H and O–H groups in total. The number of nitro benzene ring substituents is 1. The van der Waals surface area contributed by atoms with E-state index in [2.05, 4.69) is 15.8 Å². The second-order valence-corrected chi connectivity index (χ2v) is 6.83. The summed E-state index contributed by atoms with van der Waals surface area (Å²) in [6.07, 6.45) is 2.64. The molecule has 2 amide bonds. The molecule has 0 fully saturated rings. The smallest absolute Gasteiger partial charge is 0.331 e. The van der Waals surface area contributed by atoms with Crippen molar-refractivity contribution in [1.82, 2.24) is 15.8 Å². The highest BCUT2D eigenvalue weighted by molar-refractivity contribution is 7.19. The van der Waals surface area contributed by atoms with Crippen LogP contribution in [0.15, 0.2) is 54.6 Å². The Balaban J connectivity index is 1.42. The fourth-order valence-corrected chi connectivity index (χ4v) is 3.12. The molecule has 1 heterocycles. The molecule has 3 rings (SSSR count). The van der Waals surface area contributed by atoms with Crippen LogP contribution in [0.2, 0.25) is 0 Å². The number of para-hydroxylation sites is 1. The normalized spacial score (nSPS) is 10.7. The Kier molecular flexibility index (Phi) is 6.45. The molecule has 0 spiro atoms. The van der Waals surface area contributed by atoms with Crippen LogP contribution in [0.25, 0.3) is 16.3 Å². The summed E-state index contributed by atoms with van der Waals surface area (Å²) in [5.74, 6) is -2.18. The van der Waals surface area contributed by atoms with Crippen molar-refractivity contribution in [2.75, 3.05) is 6.61 Å². The van der Waals surface area contributed by atoms with Gasteiger partial charge in [-0.15, -0.1) is 11.3 Å². The van der Waals surface area contributed by atoms with Crippen molar-refractivity contribution in [3.05, 3.63) is 75.3 Å². The lowest BCUT2D eigenvalue weighted by Crippen LogP contribution is -2.43. The van der Waals surface area contributed by atoms with Gasteiger partial charge in [0.25, 0.3) is 17.5 Å². The van der Waals surface area contributed by atoms with Crippen molar-refractivity contribution in [2.24, 2.45) is 0 Å². The third-order valence-electron chi connectivity index (χ3n) is 3.67. The summed E-state index contributed by atoms with van der Waals surface area (Å²) in [6, 6.07) is 12.3. The molecule has 0 aliphatic carbocycles. The molecule has 0 radical (unpaired) electrons. The summed E-state index contributed by atoms with van der Waals surface area (Å²) in [7, 11) is 0. The summed E-state index contributed by atoms with van der Waals surface area (Å²) in [5, 5.41) is 11.2. The standard InChI is InChI=1S/C19H14N4O6S/c24-16(21-22-19(26)12-5-7-13(8-6-12)23(27)28)11-29-18(25)10-9-17-20-14-3-1-2-4-15(14)30-17/h1-10H,11H2,(H,21,24)(H,22,26)/b10-9+. The minimum Gasteiger partial charge on any atom is -0.452 e. The van der Waals surface area contributed by atoms with Crippen LogP contribution in [0.3, 0.4) is 0 Å². The van der Waals surface area contributed by atoms with E-state index in [-0.39, 0.29) is 11.3 Å². The molecule has 0 saturated heterocycles. The van der Waals surface area contributed by atoms with Crippen molar-refractivity contribution in [3.8, 4) is 0 Å². The van der Waals surface area contributed by atoms with Crippen LogP contribution in [-0.2, 0) is 14.3 Å². The highest BCUT2D eigenvalue weighted by Gasteiger charge is 2.11. The Bertz CT molecular complexity index is 1110. The number of nitro groups is 1. The van der Waals surface area contributed by atoms with Crippen LogP contribution in [0.5, 0.6) is 0 Å². The van der Waals surface area contributed by atoms with Gasteiger partial charge in [-0.25, -0.2) is 9.78 Å². The molecule has 30 heavy (non-hydrogen) atoms. The van der Waals surface area contributed by atoms with Crippen LogP contribution < -0.4 is 10.9 Å². The molecule has 0 atom stereocenters. The minimum absolute atomic E-state index is 0.108. The number of esters is 1. The molecule has 0 aliphatic rings. The number of thiazole rings is 1. The van der Waals surface area contributed by atoms with Gasteiger partial charge >= 0.3 is 5.97 Å². The number of carbonyl (C=O) groups is 3. The lowest BCUT2D eigenvalue weighted by Gasteiger charge is -2.07. The number of aromatic nitrogens is 1. The van der Waals surface area contributed by atoms with Crippen LogP contribution in [0, 0.1) is 10.1 Å². The second-order valence-electron chi connectivity index (χ2n) is 5.77. The van der Waals surface area contributed by atoms with Gasteiger partial charge in [-0.2, -0.15) is 0 Å². The number of amides is 2. The van der Waals surface area contributed by atoms with E-state index in [9.17, 15) is 24.5 Å². The number of nitrogens with zero attached hydrogens (tertiary/aromatic N) is 2. The maximum atomic E-state index is 11.9. The number of benzene rings is 2. The molecule has 10 nitrogen and oxygen atoms in total. The summed E-state index contributed by atoms with van der Waals surface area (Å²) >= 11 is 1.41. The summed E-state index contributed by atoms with van der Waals surface area (Å²) in [4.78, 5) is 49.6. The van der Waals surface area contributed by atoms with Gasteiger partial charge in [-0.05, 0) is 30.3 Å².